The molecular formula is C23H22N2O6S. The number of hydrogen-bond donors (Lipinski definition) is 0. The van der Waals surface area contributed by atoms with E-state index in [-0.39, 0.29) is 17.1 Å². The average Bonchev–Trinajstić information content (AvgIpc) is 3.45. The molecule has 0 aliphatic heterocycles. The van der Waals surface area contributed by atoms with Crippen LogP contribution in [0.5, 0.6) is 0 Å². The SMILES string of the molecule is CCN(CC)S(=O)(=O)c1ccc(C(=O)OCc2cc(-c3cc4ccccc4o3)on2)cc1. The average molecular weight is 455 g/mol. The lowest BCUT2D eigenvalue weighted by Crippen LogP contribution is -2.30. The molecule has 0 bridgehead atoms. The van der Waals surface area contributed by atoms with Gasteiger partial charge in [0.25, 0.3) is 0 Å². The molecule has 4 rings (SSSR count). The Morgan fingerprint density at radius 2 is 1.72 bits per heavy atom. The lowest BCUT2D eigenvalue weighted by molar-refractivity contribution is 0.0464. The van der Waals surface area contributed by atoms with Crippen LogP contribution < -0.4 is 0 Å². The Balaban J connectivity index is 1.41. The van der Waals surface area contributed by atoms with Crippen LogP contribution in [0.25, 0.3) is 22.5 Å². The van der Waals surface area contributed by atoms with Gasteiger partial charge in [-0.25, -0.2) is 13.2 Å². The van der Waals surface area contributed by atoms with Gasteiger partial charge in [0.1, 0.15) is 17.9 Å². The minimum atomic E-state index is -3.58. The molecule has 166 valence electrons. The molecule has 2 aromatic carbocycles. The summed E-state index contributed by atoms with van der Waals surface area (Å²) in [5.74, 6) is 0.365. The molecule has 0 fully saturated rings. The zero-order valence-electron chi connectivity index (χ0n) is 17.6. The number of furan rings is 1. The first kappa shape index (κ1) is 21.8. The summed E-state index contributed by atoms with van der Waals surface area (Å²) in [6.45, 7) is 4.20. The molecule has 4 aromatic rings. The van der Waals surface area contributed by atoms with Gasteiger partial charge in [-0.1, -0.05) is 37.2 Å². The maximum Gasteiger partial charge on any atom is 0.338 e. The number of esters is 1. The molecule has 0 saturated heterocycles. The highest BCUT2D eigenvalue weighted by molar-refractivity contribution is 7.89. The van der Waals surface area contributed by atoms with Gasteiger partial charge in [0, 0.05) is 24.5 Å². The summed E-state index contributed by atoms with van der Waals surface area (Å²) >= 11 is 0. The van der Waals surface area contributed by atoms with Crippen LogP contribution in [0.1, 0.15) is 29.9 Å². The van der Waals surface area contributed by atoms with Gasteiger partial charge >= 0.3 is 5.97 Å². The van der Waals surface area contributed by atoms with Crippen LogP contribution in [-0.2, 0) is 21.4 Å². The second-order valence-corrected chi connectivity index (χ2v) is 8.96. The van der Waals surface area contributed by atoms with E-state index < -0.39 is 16.0 Å². The second kappa shape index (κ2) is 8.97. The first-order valence-electron chi connectivity index (χ1n) is 10.1. The fourth-order valence-electron chi connectivity index (χ4n) is 3.30. The van der Waals surface area contributed by atoms with E-state index in [1.165, 1.54) is 28.6 Å². The van der Waals surface area contributed by atoms with E-state index in [9.17, 15) is 13.2 Å². The molecular weight excluding hydrogens is 432 g/mol. The molecule has 0 unspecified atom stereocenters. The van der Waals surface area contributed by atoms with Crippen molar-refractivity contribution in [3.8, 4) is 11.5 Å². The largest absolute Gasteiger partial charge is 0.455 e. The summed E-state index contributed by atoms with van der Waals surface area (Å²) in [5, 5.41) is 4.86. The number of ether oxygens (including phenoxy) is 1. The summed E-state index contributed by atoms with van der Waals surface area (Å²) in [7, 11) is -3.58. The van der Waals surface area contributed by atoms with Gasteiger partial charge in [-0.2, -0.15) is 4.31 Å². The predicted octanol–water partition coefficient (Wildman–Crippen LogP) is 4.48. The zero-order valence-corrected chi connectivity index (χ0v) is 18.5. The monoisotopic (exact) mass is 454 g/mol. The van der Waals surface area contributed by atoms with Crippen LogP contribution in [0, 0.1) is 0 Å². The summed E-state index contributed by atoms with van der Waals surface area (Å²) in [5.41, 5.74) is 1.40. The van der Waals surface area contributed by atoms with Crippen LogP contribution in [-0.4, -0.2) is 36.9 Å². The van der Waals surface area contributed by atoms with E-state index in [1.54, 1.807) is 19.9 Å². The fraction of sp³-hybridized carbons (Fsp3) is 0.217. The molecule has 9 heteroatoms. The quantitative estimate of drug-likeness (QED) is 0.362. The number of aromatic nitrogens is 1. The van der Waals surface area contributed by atoms with Gasteiger partial charge in [-0.3, -0.25) is 0 Å². The van der Waals surface area contributed by atoms with E-state index in [0.29, 0.717) is 30.3 Å². The molecule has 2 heterocycles. The molecule has 0 radical (unpaired) electrons. The Bertz CT molecular complexity index is 1300. The molecule has 0 amide bonds. The van der Waals surface area contributed by atoms with Gasteiger partial charge in [-0.05, 0) is 36.4 Å². The summed E-state index contributed by atoms with van der Waals surface area (Å²) < 4.78 is 42.8. The lowest BCUT2D eigenvalue weighted by atomic mass is 10.2. The highest BCUT2D eigenvalue weighted by atomic mass is 32.2. The molecule has 0 spiro atoms. The van der Waals surface area contributed by atoms with Crippen molar-refractivity contribution < 1.29 is 26.9 Å². The molecule has 0 saturated carbocycles. The number of nitrogens with zero attached hydrogens (tertiary/aromatic N) is 2. The van der Waals surface area contributed by atoms with Crippen LogP contribution in [0.2, 0.25) is 0 Å². The van der Waals surface area contributed by atoms with Crippen molar-refractivity contribution in [2.24, 2.45) is 0 Å². The van der Waals surface area contributed by atoms with Crippen molar-refractivity contribution in [3.63, 3.8) is 0 Å². The Morgan fingerprint density at radius 1 is 1.00 bits per heavy atom. The normalized spacial score (nSPS) is 11.8. The maximum atomic E-state index is 12.5. The van der Waals surface area contributed by atoms with Crippen LogP contribution in [0.4, 0.5) is 0 Å². The third kappa shape index (κ3) is 4.30. The van der Waals surface area contributed by atoms with E-state index in [1.807, 2.05) is 30.3 Å². The van der Waals surface area contributed by atoms with Crippen LogP contribution in [0.15, 0.2) is 74.5 Å². The first-order chi connectivity index (χ1) is 15.4. The van der Waals surface area contributed by atoms with Crippen molar-refractivity contribution in [1.82, 2.24) is 9.46 Å². The number of para-hydroxylation sites is 1. The van der Waals surface area contributed by atoms with Gasteiger partial charge in [-0.15, -0.1) is 0 Å². The van der Waals surface area contributed by atoms with E-state index in [0.717, 1.165) is 11.0 Å². The Labute approximate surface area is 185 Å². The summed E-state index contributed by atoms with van der Waals surface area (Å²) in [4.78, 5) is 12.5. The van der Waals surface area contributed by atoms with E-state index in [2.05, 4.69) is 5.16 Å². The molecule has 2 aromatic heterocycles. The number of carbonyl (C=O) groups excluding carboxylic acids is 1. The van der Waals surface area contributed by atoms with Crippen molar-refractivity contribution in [1.29, 1.82) is 0 Å². The Morgan fingerprint density at radius 3 is 2.41 bits per heavy atom. The smallest absolute Gasteiger partial charge is 0.338 e. The second-order valence-electron chi connectivity index (χ2n) is 7.02. The molecule has 0 N–H and O–H groups in total. The van der Waals surface area contributed by atoms with Crippen molar-refractivity contribution in [2.45, 2.75) is 25.3 Å². The Hall–Kier alpha value is -3.43. The third-order valence-electron chi connectivity index (χ3n) is 5.01. The van der Waals surface area contributed by atoms with Crippen LogP contribution in [0.3, 0.4) is 0 Å². The van der Waals surface area contributed by atoms with Crippen molar-refractivity contribution in [3.05, 3.63) is 71.9 Å². The topological polar surface area (TPSA) is 103 Å². The van der Waals surface area contributed by atoms with Crippen LogP contribution >= 0.6 is 0 Å². The highest BCUT2D eigenvalue weighted by Gasteiger charge is 2.22. The minimum absolute atomic E-state index is 0.0952. The van der Waals surface area contributed by atoms with E-state index >= 15 is 0 Å². The highest BCUT2D eigenvalue weighted by Crippen LogP contribution is 2.28. The Kier molecular flexibility index (Phi) is 6.11. The van der Waals surface area contributed by atoms with Gasteiger partial charge in [0.05, 0.1) is 10.5 Å². The zero-order chi connectivity index (χ0) is 22.7. The number of benzene rings is 2. The molecule has 32 heavy (non-hydrogen) atoms. The van der Waals surface area contributed by atoms with Gasteiger partial charge < -0.3 is 13.7 Å². The number of carbonyl (C=O) groups is 1. The van der Waals surface area contributed by atoms with Gasteiger partial charge in [0.15, 0.2) is 5.76 Å². The van der Waals surface area contributed by atoms with Crippen molar-refractivity contribution in [2.75, 3.05) is 13.1 Å². The molecule has 0 atom stereocenters. The lowest BCUT2D eigenvalue weighted by Gasteiger charge is -2.18. The minimum Gasteiger partial charge on any atom is -0.455 e. The molecule has 0 aliphatic carbocycles. The summed E-state index contributed by atoms with van der Waals surface area (Å²) in [6.07, 6.45) is 0. The van der Waals surface area contributed by atoms with E-state index in [4.69, 9.17) is 13.7 Å². The van der Waals surface area contributed by atoms with Crippen molar-refractivity contribution >= 4 is 27.0 Å². The third-order valence-corrected chi connectivity index (χ3v) is 7.08. The number of fused-ring (bicyclic) bond motifs is 1. The maximum absolute atomic E-state index is 12.5. The fourth-order valence-corrected chi connectivity index (χ4v) is 4.76. The molecule has 8 nitrogen and oxygen atoms in total. The number of sulfonamides is 1. The standard InChI is InChI=1S/C23H22N2O6S/c1-3-25(4-2)32(27,28)19-11-9-16(10-12-19)23(26)29-15-18-14-22(31-24-18)21-13-17-7-5-6-8-20(17)30-21/h5-14H,3-4,15H2,1-2H3. The van der Waals surface area contributed by atoms with Gasteiger partial charge in [0.2, 0.25) is 15.8 Å². The number of rotatable bonds is 8. The predicted molar refractivity (Wildman–Crippen MR) is 117 cm³/mol. The summed E-state index contributed by atoms with van der Waals surface area (Å²) in [6, 6.07) is 16.7. The first-order valence-corrected chi connectivity index (χ1v) is 11.6. The molecule has 0 aliphatic rings. The number of hydrogen-bond acceptors (Lipinski definition) is 7.